The molecule has 3 rings (SSSR count). The molecular formula is C21H21N3O5. The van der Waals surface area contributed by atoms with Crippen LogP contribution in [-0.2, 0) is 11.2 Å². The minimum absolute atomic E-state index is 0.00215. The van der Waals surface area contributed by atoms with Crippen LogP contribution in [0.15, 0.2) is 52.9 Å². The molecule has 8 nitrogen and oxygen atoms in total. The van der Waals surface area contributed by atoms with E-state index in [2.05, 4.69) is 10.6 Å². The lowest BCUT2D eigenvalue weighted by Gasteiger charge is -2.20. The van der Waals surface area contributed by atoms with E-state index in [1.807, 2.05) is 20.8 Å². The highest BCUT2D eigenvalue weighted by Gasteiger charge is 2.25. The van der Waals surface area contributed by atoms with Crippen LogP contribution in [0.4, 0.5) is 11.4 Å². The number of nitrogens with one attached hydrogen (secondary N) is 2. The van der Waals surface area contributed by atoms with Crippen molar-refractivity contribution < 1.29 is 18.9 Å². The molecule has 0 atom stereocenters. The molecule has 0 unspecified atom stereocenters. The molecule has 0 saturated heterocycles. The maximum Gasteiger partial charge on any atom is 0.289 e. The van der Waals surface area contributed by atoms with Crippen molar-refractivity contribution in [2.45, 2.75) is 32.7 Å². The molecule has 2 amide bonds. The van der Waals surface area contributed by atoms with Crippen molar-refractivity contribution in [3.05, 3.63) is 70.0 Å². The van der Waals surface area contributed by atoms with Gasteiger partial charge in [-0.3, -0.25) is 19.7 Å². The van der Waals surface area contributed by atoms with Gasteiger partial charge in [0.1, 0.15) is 11.3 Å². The third-order valence-electron chi connectivity index (χ3n) is 4.07. The van der Waals surface area contributed by atoms with Crippen molar-refractivity contribution in [2.75, 3.05) is 5.32 Å². The maximum atomic E-state index is 12.7. The minimum Gasteiger partial charge on any atom is -0.449 e. The second-order valence-corrected chi connectivity index (χ2v) is 7.65. The molecule has 0 fully saturated rings. The van der Waals surface area contributed by atoms with Gasteiger partial charge in [0.2, 0.25) is 11.7 Å². The average molecular weight is 395 g/mol. The second-order valence-electron chi connectivity index (χ2n) is 7.65. The predicted octanol–water partition coefficient (Wildman–Crippen LogP) is 4.05. The number of fused-ring (bicyclic) bond motifs is 1. The van der Waals surface area contributed by atoms with Crippen LogP contribution in [0.3, 0.4) is 0 Å². The van der Waals surface area contributed by atoms with E-state index in [1.165, 1.54) is 24.3 Å². The van der Waals surface area contributed by atoms with Crippen LogP contribution in [-0.4, -0.2) is 22.3 Å². The highest BCUT2D eigenvalue weighted by Crippen LogP contribution is 2.31. The number of hydrogen-bond donors (Lipinski definition) is 2. The zero-order chi connectivity index (χ0) is 21.2. The quantitative estimate of drug-likeness (QED) is 0.500. The molecule has 1 aromatic heterocycles. The lowest BCUT2D eigenvalue weighted by molar-refractivity contribution is -0.384. The molecule has 2 aromatic carbocycles. The Kier molecular flexibility index (Phi) is 5.36. The number of non-ortho nitro benzene ring substituents is 1. The number of carbonyl (C=O) groups is 2. The van der Waals surface area contributed by atoms with Gasteiger partial charge in [0.25, 0.3) is 11.6 Å². The summed E-state index contributed by atoms with van der Waals surface area (Å²) in [5.74, 6) is -0.771. The molecule has 0 aliphatic heterocycles. The molecule has 150 valence electrons. The summed E-state index contributed by atoms with van der Waals surface area (Å²) in [5.41, 5.74) is 0.875. The molecule has 0 saturated carbocycles. The summed E-state index contributed by atoms with van der Waals surface area (Å²) >= 11 is 0. The maximum absolute atomic E-state index is 12.7. The van der Waals surface area contributed by atoms with E-state index in [0.29, 0.717) is 22.2 Å². The average Bonchev–Trinajstić information content (AvgIpc) is 2.99. The number of furan rings is 1. The molecule has 3 aromatic rings. The highest BCUT2D eigenvalue weighted by atomic mass is 16.6. The minimum atomic E-state index is -0.498. The van der Waals surface area contributed by atoms with E-state index in [4.69, 9.17) is 4.42 Å². The van der Waals surface area contributed by atoms with Gasteiger partial charge < -0.3 is 15.1 Å². The fourth-order valence-electron chi connectivity index (χ4n) is 2.83. The van der Waals surface area contributed by atoms with Gasteiger partial charge in [-0.1, -0.05) is 24.3 Å². The van der Waals surface area contributed by atoms with Gasteiger partial charge >= 0.3 is 0 Å². The number of benzene rings is 2. The van der Waals surface area contributed by atoms with E-state index in [1.54, 1.807) is 24.3 Å². The number of anilines is 1. The third kappa shape index (κ3) is 4.78. The Morgan fingerprint density at radius 3 is 2.34 bits per heavy atom. The van der Waals surface area contributed by atoms with Gasteiger partial charge in [-0.2, -0.15) is 0 Å². The topological polar surface area (TPSA) is 114 Å². The molecule has 8 heteroatoms. The monoisotopic (exact) mass is 395 g/mol. The lowest BCUT2D eigenvalue weighted by atomic mass is 10.1. The highest BCUT2D eigenvalue weighted by molar-refractivity contribution is 6.11. The molecule has 0 radical (unpaired) electrons. The fraction of sp³-hybridized carbons (Fsp3) is 0.238. The largest absolute Gasteiger partial charge is 0.449 e. The molecule has 0 spiro atoms. The lowest BCUT2D eigenvalue weighted by Crippen LogP contribution is -2.40. The number of carbonyl (C=O) groups excluding carboxylic acids is 2. The van der Waals surface area contributed by atoms with Gasteiger partial charge in [0.05, 0.1) is 11.3 Å². The van der Waals surface area contributed by atoms with Crippen molar-refractivity contribution in [2.24, 2.45) is 0 Å². The van der Waals surface area contributed by atoms with Crippen molar-refractivity contribution in [1.29, 1.82) is 0 Å². The van der Waals surface area contributed by atoms with E-state index >= 15 is 0 Å². The van der Waals surface area contributed by atoms with Crippen LogP contribution in [0.25, 0.3) is 11.0 Å². The number of para-hydroxylation sites is 1. The zero-order valence-corrected chi connectivity index (χ0v) is 16.3. The first-order chi connectivity index (χ1) is 13.6. The molecule has 1 heterocycles. The smallest absolute Gasteiger partial charge is 0.289 e. The summed E-state index contributed by atoms with van der Waals surface area (Å²) in [4.78, 5) is 35.5. The summed E-state index contributed by atoms with van der Waals surface area (Å²) in [5, 5.41) is 17.0. The van der Waals surface area contributed by atoms with Crippen molar-refractivity contribution in [3.63, 3.8) is 0 Å². The van der Waals surface area contributed by atoms with Crippen LogP contribution in [0, 0.1) is 10.1 Å². The van der Waals surface area contributed by atoms with E-state index in [0.717, 1.165) is 0 Å². The molecule has 0 aliphatic rings. The van der Waals surface area contributed by atoms with Crippen LogP contribution >= 0.6 is 0 Å². The summed E-state index contributed by atoms with van der Waals surface area (Å²) in [6.07, 6.45) is -0.00215. The van der Waals surface area contributed by atoms with Crippen molar-refractivity contribution in [1.82, 2.24) is 5.32 Å². The van der Waals surface area contributed by atoms with E-state index in [9.17, 15) is 19.7 Å². The van der Waals surface area contributed by atoms with Gasteiger partial charge in [-0.25, -0.2) is 0 Å². The number of rotatable bonds is 5. The van der Waals surface area contributed by atoms with Crippen LogP contribution in [0.5, 0.6) is 0 Å². The predicted molar refractivity (Wildman–Crippen MR) is 109 cm³/mol. The van der Waals surface area contributed by atoms with Crippen molar-refractivity contribution >= 4 is 34.2 Å². The number of hydrogen-bond acceptors (Lipinski definition) is 5. The first-order valence-corrected chi connectivity index (χ1v) is 9.01. The van der Waals surface area contributed by atoms with Gasteiger partial charge in [0, 0.05) is 23.1 Å². The Hall–Kier alpha value is -3.68. The fourth-order valence-corrected chi connectivity index (χ4v) is 2.83. The summed E-state index contributed by atoms with van der Waals surface area (Å²) in [6, 6.07) is 12.8. The number of nitro benzene ring substituents is 1. The SMILES string of the molecule is CC(C)(C)NC(=O)c1oc2ccccc2c1NC(=O)Cc1ccc([N+](=O)[O-])cc1. The molecular weight excluding hydrogens is 374 g/mol. The summed E-state index contributed by atoms with van der Waals surface area (Å²) < 4.78 is 5.70. The Balaban J connectivity index is 1.86. The number of nitrogens with zero attached hydrogens (tertiary/aromatic N) is 1. The third-order valence-corrected chi connectivity index (χ3v) is 4.07. The second kappa shape index (κ2) is 7.75. The van der Waals surface area contributed by atoms with Gasteiger partial charge in [0.15, 0.2) is 0 Å². The Morgan fingerprint density at radius 1 is 1.07 bits per heavy atom. The van der Waals surface area contributed by atoms with Crippen molar-refractivity contribution in [3.8, 4) is 0 Å². The van der Waals surface area contributed by atoms with Gasteiger partial charge in [-0.05, 0) is 38.5 Å². The normalized spacial score (nSPS) is 11.3. The van der Waals surface area contributed by atoms with Crippen LogP contribution < -0.4 is 10.6 Å². The molecule has 2 N–H and O–H groups in total. The molecule has 0 aliphatic carbocycles. The van der Waals surface area contributed by atoms with Gasteiger partial charge in [-0.15, -0.1) is 0 Å². The Bertz CT molecular complexity index is 1080. The first-order valence-electron chi connectivity index (χ1n) is 9.01. The van der Waals surface area contributed by atoms with E-state index in [-0.39, 0.29) is 23.8 Å². The Morgan fingerprint density at radius 2 is 1.72 bits per heavy atom. The van der Waals surface area contributed by atoms with Crippen LogP contribution in [0.1, 0.15) is 36.9 Å². The standard InChI is InChI=1S/C21H21N3O5/c1-21(2,3)23-20(26)19-18(15-6-4-5-7-16(15)29-19)22-17(25)12-13-8-10-14(11-9-13)24(27)28/h4-11H,12H2,1-3H3,(H,22,25)(H,23,26). The van der Waals surface area contributed by atoms with Crippen LogP contribution in [0.2, 0.25) is 0 Å². The summed E-state index contributed by atoms with van der Waals surface area (Å²) in [7, 11) is 0. The number of amides is 2. The molecule has 29 heavy (non-hydrogen) atoms. The van der Waals surface area contributed by atoms with E-state index < -0.39 is 16.4 Å². The first kappa shape index (κ1) is 20.1. The Labute approximate surface area is 167 Å². The summed E-state index contributed by atoms with van der Waals surface area (Å²) in [6.45, 7) is 5.54. The molecule has 0 bridgehead atoms. The number of nitro groups is 1. The zero-order valence-electron chi connectivity index (χ0n) is 16.3.